The third-order valence-electron chi connectivity index (χ3n) is 2.28. The average molecular weight is 178 g/mol. The second-order valence-electron chi connectivity index (χ2n) is 4.10. The van der Waals surface area contributed by atoms with E-state index in [1.165, 1.54) is 11.1 Å². The summed E-state index contributed by atoms with van der Waals surface area (Å²) in [6, 6.07) is 0. The van der Waals surface area contributed by atoms with Crippen LogP contribution in [0.3, 0.4) is 0 Å². The molecular weight excluding hydrogens is 156 g/mol. The molecule has 0 rings (SSSR count). The van der Waals surface area contributed by atoms with Gasteiger partial charge in [0.15, 0.2) is 0 Å². The summed E-state index contributed by atoms with van der Waals surface area (Å²) in [6.45, 7) is 14.8. The molecule has 0 spiro atoms. The Kier molecular flexibility index (Phi) is 5.45. The molecule has 0 radical (unpaired) electrons. The van der Waals surface area contributed by atoms with Crippen molar-refractivity contribution in [2.45, 2.75) is 34.6 Å². The van der Waals surface area contributed by atoms with Crippen LogP contribution in [-0.2, 0) is 0 Å². The van der Waals surface area contributed by atoms with Crippen molar-refractivity contribution < 1.29 is 0 Å². The molecule has 0 amide bonds. The van der Waals surface area contributed by atoms with Gasteiger partial charge in [0.25, 0.3) is 0 Å². The number of allylic oxidation sites excluding steroid dienone is 5. The summed E-state index contributed by atoms with van der Waals surface area (Å²) in [6.07, 6.45) is 6.23. The molecule has 0 aliphatic heterocycles. The van der Waals surface area contributed by atoms with Crippen molar-refractivity contribution in [3.05, 3.63) is 36.0 Å². The van der Waals surface area contributed by atoms with Gasteiger partial charge in [-0.05, 0) is 24.3 Å². The third-order valence-corrected chi connectivity index (χ3v) is 2.28. The Balaban J connectivity index is 4.70. The summed E-state index contributed by atoms with van der Waals surface area (Å²) in [5, 5.41) is 0. The highest BCUT2D eigenvalue weighted by atomic mass is 14.1. The van der Waals surface area contributed by atoms with Gasteiger partial charge in [-0.2, -0.15) is 0 Å². The third kappa shape index (κ3) is 4.72. The topological polar surface area (TPSA) is 0 Å². The number of hydrogen-bond acceptors (Lipinski definition) is 0. The van der Waals surface area contributed by atoms with Crippen LogP contribution in [0.4, 0.5) is 0 Å². The van der Waals surface area contributed by atoms with E-state index in [0.29, 0.717) is 11.8 Å². The first-order valence-corrected chi connectivity index (χ1v) is 4.99. The van der Waals surface area contributed by atoms with Crippen molar-refractivity contribution in [2.75, 3.05) is 0 Å². The van der Waals surface area contributed by atoms with Gasteiger partial charge in [-0.15, -0.1) is 0 Å². The molecule has 0 N–H and O–H groups in total. The molecule has 0 fully saturated rings. The lowest BCUT2D eigenvalue weighted by Crippen LogP contribution is -1.95. The van der Waals surface area contributed by atoms with E-state index in [1.54, 1.807) is 0 Å². The second kappa shape index (κ2) is 5.80. The first kappa shape index (κ1) is 12.2. The average Bonchev–Trinajstić information content (AvgIpc) is 2.03. The van der Waals surface area contributed by atoms with Crippen LogP contribution in [0, 0.1) is 11.8 Å². The first-order valence-electron chi connectivity index (χ1n) is 4.99. The summed E-state index contributed by atoms with van der Waals surface area (Å²) in [7, 11) is 0. The van der Waals surface area contributed by atoms with Crippen LogP contribution >= 0.6 is 0 Å². The smallest absolute Gasteiger partial charge is 0.0219 e. The molecule has 0 aromatic carbocycles. The molecule has 0 aromatic heterocycles. The Morgan fingerprint density at radius 2 is 1.62 bits per heavy atom. The van der Waals surface area contributed by atoms with Crippen molar-refractivity contribution in [1.29, 1.82) is 0 Å². The summed E-state index contributed by atoms with van der Waals surface area (Å²) in [4.78, 5) is 0. The molecule has 13 heavy (non-hydrogen) atoms. The van der Waals surface area contributed by atoms with Crippen LogP contribution in [0.15, 0.2) is 36.0 Å². The van der Waals surface area contributed by atoms with E-state index >= 15 is 0 Å². The summed E-state index contributed by atoms with van der Waals surface area (Å²) < 4.78 is 0. The molecule has 0 unspecified atom stereocenters. The van der Waals surface area contributed by atoms with E-state index in [1.807, 2.05) is 6.08 Å². The molecule has 0 aliphatic carbocycles. The van der Waals surface area contributed by atoms with Crippen LogP contribution in [0.2, 0.25) is 0 Å². The Bertz CT molecular complexity index is 214. The number of hydrogen-bond donors (Lipinski definition) is 0. The lowest BCUT2D eigenvalue weighted by atomic mass is 9.96. The van der Waals surface area contributed by atoms with Gasteiger partial charge in [0.1, 0.15) is 0 Å². The molecular formula is C13H22. The maximum atomic E-state index is 3.73. The van der Waals surface area contributed by atoms with E-state index in [4.69, 9.17) is 0 Å². The van der Waals surface area contributed by atoms with Crippen LogP contribution in [0.1, 0.15) is 34.6 Å². The Labute approximate surface area is 83.0 Å². The summed E-state index contributed by atoms with van der Waals surface area (Å²) >= 11 is 0. The molecule has 0 heteroatoms. The molecule has 0 atom stereocenters. The first-order chi connectivity index (χ1) is 5.99. The molecule has 0 bridgehead atoms. The van der Waals surface area contributed by atoms with Gasteiger partial charge in [0.05, 0.1) is 0 Å². The Morgan fingerprint density at radius 1 is 1.08 bits per heavy atom. The predicted molar refractivity (Wildman–Crippen MR) is 61.7 cm³/mol. The zero-order valence-electron chi connectivity index (χ0n) is 9.59. The fourth-order valence-corrected chi connectivity index (χ4v) is 0.973. The van der Waals surface area contributed by atoms with Gasteiger partial charge < -0.3 is 0 Å². The van der Waals surface area contributed by atoms with Crippen LogP contribution < -0.4 is 0 Å². The number of rotatable bonds is 4. The van der Waals surface area contributed by atoms with Gasteiger partial charge >= 0.3 is 0 Å². The molecule has 0 aliphatic rings. The van der Waals surface area contributed by atoms with Crippen LogP contribution in [0.25, 0.3) is 0 Å². The highest BCUT2D eigenvalue weighted by Gasteiger charge is 2.01. The Morgan fingerprint density at radius 3 is 1.92 bits per heavy atom. The monoisotopic (exact) mass is 178 g/mol. The predicted octanol–water partition coefficient (Wildman–Crippen LogP) is 4.36. The van der Waals surface area contributed by atoms with Gasteiger partial charge in [0.2, 0.25) is 0 Å². The molecule has 0 heterocycles. The van der Waals surface area contributed by atoms with Crippen LogP contribution in [-0.4, -0.2) is 0 Å². The maximum Gasteiger partial charge on any atom is -0.0219 e. The van der Waals surface area contributed by atoms with Gasteiger partial charge in [0, 0.05) is 0 Å². The van der Waals surface area contributed by atoms with Gasteiger partial charge in [-0.25, -0.2) is 0 Å². The van der Waals surface area contributed by atoms with Crippen molar-refractivity contribution in [3.8, 4) is 0 Å². The van der Waals surface area contributed by atoms with Crippen molar-refractivity contribution in [3.63, 3.8) is 0 Å². The quantitative estimate of drug-likeness (QED) is 0.561. The minimum Gasteiger partial charge on any atom is -0.0991 e. The summed E-state index contributed by atoms with van der Waals surface area (Å²) in [5.74, 6) is 1.21. The standard InChI is InChI=1S/C13H22/c1-7-8-13(11(4)5)9-12(6)10(2)3/h7-11H,1H2,2-6H3/b12-9+,13-8+. The fourth-order valence-electron chi connectivity index (χ4n) is 0.973. The zero-order valence-corrected chi connectivity index (χ0v) is 9.59. The molecule has 0 saturated heterocycles. The van der Waals surface area contributed by atoms with Crippen molar-refractivity contribution >= 4 is 0 Å². The Hall–Kier alpha value is -0.780. The zero-order chi connectivity index (χ0) is 10.4. The maximum absolute atomic E-state index is 3.73. The van der Waals surface area contributed by atoms with E-state index in [0.717, 1.165) is 0 Å². The minimum atomic E-state index is 0.576. The lowest BCUT2D eigenvalue weighted by molar-refractivity contribution is 0.749. The largest absolute Gasteiger partial charge is 0.0991 e. The van der Waals surface area contributed by atoms with E-state index in [9.17, 15) is 0 Å². The summed E-state index contributed by atoms with van der Waals surface area (Å²) in [5.41, 5.74) is 2.79. The van der Waals surface area contributed by atoms with Crippen molar-refractivity contribution in [1.82, 2.24) is 0 Å². The van der Waals surface area contributed by atoms with Crippen molar-refractivity contribution in [2.24, 2.45) is 11.8 Å². The highest BCUT2D eigenvalue weighted by molar-refractivity contribution is 5.28. The molecule has 74 valence electrons. The normalized spacial score (nSPS) is 14.1. The van der Waals surface area contributed by atoms with Gasteiger partial charge in [-0.3, -0.25) is 0 Å². The van der Waals surface area contributed by atoms with E-state index in [2.05, 4.69) is 53.3 Å². The lowest BCUT2D eigenvalue weighted by Gasteiger charge is -2.10. The molecule has 0 saturated carbocycles. The highest BCUT2D eigenvalue weighted by Crippen LogP contribution is 2.17. The fraction of sp³-hybridized carbons (Fsp3) is 0.538. The SMILES string of the molecule is C=C/C=C(\C=C(/C)C(C)C)C(C)C. The molecule has 0 aromatic rings. The minimum absolute atomic E-state index is 0.576. The van der Waals surface area contributed by atoms with E-state index < -0.39 is 0 Å². The molecule has 0 nitrogen and oxygen atoms in total. The van der Waals surface area contributed by atoms with E-state index in [-0.39, 0.29) is 0 Å². The second-order valence-corrected chi connectivity index (χ2v) is 4.10. The van der Waals surface area contributed by atoms with Crippen LogP contribution in [0.5, 0.6) is 0 Å². The van der Waals surface area contributed by atoms with Gasteiger partial charge in [-0.1, -0.05) is 58.1 Å².